The molecule has 0 saturated carbocycles. The van der Waals surface area contributed by atoms with E-state index in [-0.39, 0.29) is 27.3 Å². The number of carbonyl (C=O) groups is 1. The summed E-state index contributed by atoms with van der Waals surface area (Å²) in [5, 5.41) is 0. The number of fused-ring (bicyclic) bond motifs is 1. The number of benzene rings is 2. The number of hydrogen-bond donors (Lipinski definition) is 1. The molecule has 0 aliphatic carbocycles. The minimum Gasteiger partial charge on any atom is -0.308 e. The summed E-state index contributed by atoms with van der Waals surface area (Å²) in [5.74, 6) is -0.320. The van der Waals surface area contributed by atoms with Crippen LogP contribution in [0.2, 0.25) is 0 Å². The van der Waals surface area contributed by atoms with Crippen LogP contribution in [-0.4, -0.2) is 41.6 Å². The van der Waals surface area contributed by atoms with Crippen LogP contribution in [0.25, 0.3) is 0 Å². The lowest BCUT2D eigenvalue weighted by atomic mass is 10.0. The van der Waals surface area contributed by atoms with Crippen LogP contribution in [0, 0.1) is 0 Å². The van der Waals surface area contributed by atoms with Crippen molar-refractivity contribution in [1.82, 2.24) is 4.72 Å². The van der Waals surface area contributed by atoms with E-state index in [4.69, 9.17) is 0 Å². The second kappa shape index (κ2) is 7.89. The number of nitrogens with zero attached hydrogens (tertiary/aromatic N) is 1. The smallest absolute Gasteiger partial charge is 0.258 e. The number of anilines is 1. The third-order valence-electron chi connectivity index (χ3n) is 4.63. The zero-order chi connectivity index (χ0) is 21.4. The molecule has 0 atom stereocenters. The second-order valence-corrected chi connectivity index (χ2v) is 11.2. The number of hydrogen-bond acceptors (Lipinski definition) is 5. The number of rotatable bonds is 5. The Morgan fingerprint density at radius 3 is 2.41 bits per heavy atom. The predicted octanol–water partition coefficient (Wildman–Crippen LogP) is 2.37. The molecule has 0 unspecified atom stereocenters. The van der Waals surface area contributed by atoms with E-state index in [0.717, 1.165) is 11.8 Å². The highest BCUT2D eigenvalue weighted by Gasteiger charge is 2.26. The molecule has 2 aromatic carbocycles. The van der Waals surface area contributed by atoms with E-state index < -0.39 is 19.9 Å². The Labute approximate surface area is 171 Å². The predicted molar refractivity (Wildman–Crippen MR) is 111 cm³/mol. The highest BCUT2D eigenvalue weighted by Crippen LogP contribution is 2.31. The number of carbonyl (C=O) groups excluding carboxylic acids is 1. The molecule has 0 fully saturated rings. The lowest BCUT2D eigenvalue weighted by Crippen LogP contribution is -2.36. The summed E-state index contributed by atoms with van der Waals surface area (Å²) in [5.41, 5.74) is 1.71. The summed E-state index contributed by atoms with van der Waals surface area (Å²) in [4.78, 5) is 15.0. The molecule has 1 heterocycles. The SMILES string of the molecule is CC(C)NS(=O)(=O)c1cccc(C(=O)N2CCCc3cc(S(C)(=O)=O)ccc32)c1. The number of nitrogens with one attached hydrogen (secondary N) is 1. The molecule has 1 N–H and O–H groups in total. The average Bonchev–Trinajstić information content (AvgIpc) is 2.65. The average molecular weight is 437 g/mol. The molecule has 0 bridgehead atoms. The molecule has 3 rings (SSSR count). The standard InChI is InChI=1S/C20H24N2O5S2/c1-14(2)21-29(26,27)18-8-4-6-16(13-18)20(23)22-11-5-7-15-12-17(28(3,24)25)9-10-19(15)22/h4,6,8-10,12-14,21H,5,7,11H2,1-3H3. The maximum atomic E-state index is 13.1. The van der Waals surface area contributed by atoms with E-state index in [1.165, 1.54) is 18.2 Å². The molecule has 1 aliphatic rings. The molecule has 0 radical (unpaired) electrons. The summed E-state index contributed by atoms with van der Waals surface area (Å²) in [7, 11) is -7.05. The molecule has 0 spiro atoms. The van der Waals surface area contributed by atoms with Crippen LogP contribution >= 0.6 is 0 Å². The monoisotopic (exact) mass is 436 g/mol. The molecule has 0 aromatic heterocycles. The summed E-state index contributed by atoms with van der Waals surface area (Å²) in [6.07, 6.45) is 2.52. The molecular formula is C20H24N2O5S2. The first-order chi connectivity index (χ1) is 13.5. The number of aryl methyl sites for hydroxylation is 1. The molecule has 9 heteroatoms. The van der Waals surface area contributed by atoms with Gasteiger partial charge in [0.2, 0.25) is 10.0 Å². The molecule has 1 amide bonds. The molecular weight excluding hydrogens is 412 g/mol. The first kappa shape index (κ1) is 21.5. The molecule has 0 saturated heterocycles. The van der Waals surface area contributed by atoms with Gasteiger partial charge in [0, 0.05) is 30.1 Å². The Morgan fingerprint density at radius 1 is 1.03 bits per heavy atom. The van der Waals surface area contributed by atoms with Crippen LogP contribution < -0.4 is 9.62 Å². The van der Waals surface area contributed by atoms with Crippen molar-refractivity contribution < 1.29 is 21.6 Å². The molecule has 2 aromatic rings. The van der Waals surface area contributed by atoms with E-state index in [1.54, 1.807) is 43.0 Å². The van der Waals surface area contributed by atoms with Crippen LogP contribution in [0.1, 0.15) is 36.2 Å². The van der Waals surface area contributed by atoms with Gasteiger partial charge in [-0.3, -0.25) is 4.79 Å². The second-order valence-electron chi connectivity index (χ2n) is 7.43. The molecule has 1 aliphatic heterocycles. The summed E-state index contributed by atoms with van der Waals surface area (Å²) in [6, 6.07) is 10.4. The Kier molecular flexibility index (Phi) is 5.84. The van der Waals surface area contributed by atoms with Gasteiger partial charge < -0.3 is 4.90 Å². The first-order valence-corrected chi connectivity index (χ1v) is 12.6. The van der Waals surface area contributed by atoms with Crippen molar-refractivity contribution in [3.05, 3.63) is 53.6 Å². The summed E-state index contributed by atoms with van der Waals surface area (Å²) >= 11 is 0. The van der Waals surface area contributed by atoms with Crippen molar-refractivity contribution in [2.75, 3.05) is 17.7 Å². The van der Waals surface area contributed by atoms with Gasteiger partial charge in [-0.15, -0.1) is 0 Å². The topological polar surface area (TPSA) is 101 Å². The van der Waals surface area contributed by atoms with Gasteiger partial charge in [0.1, 0.15) is 0 Å². The van der Waals surface area contributed by atoms with Gasteiger partial charge in [-0.2, -0.15) is 0 Å². The number of sulfone groups is 1. The van der Waals surface area contributed by atoms with Gasteiger partial charge in [0.05, 0.1) is 9.79 Å². The lowest BCUT2D eigenvalue weighted by Gasteiger charge is -2.30. The van der Waals surface area contributed by atoms with Crippen LogP contribution in [0.4, 0.5) is 5.69 Å². The third kappa shape index (κ3) is 4.68. The van der Waals surface area contributed by atoms with Gasteiger partial charge in [-0.25, -0.2) is 21.6 Å². The van der Waals surface area contributed by atoms with Crippen LogP contribution in [0.15, 0.2) is 52.3 Å². The van der Waals surface area contributed by atoms with E-state index in [1.807, 2.05) is 0 Å². The van der Waals surface area contributed by atoms with E-state index in [9.17, 15) is 21.6 Å². The molecule has 7 nitrogen and oxygen atoms in total. The van der Waals surface area contributed by atoms with Crippen LogP contribution in [-0.2, 0) is 26.3 Å². The Bertz CT molecular complexity index is 1160. The van der Waals surface area contributed by atoms with Gasteiger partial charge in [-0.1, -0.05) is 6.07 Å². The van der Waals surface area contributed by atoms with Gasteiger partial charge in [-0.05, 0) is 68.7 Å². The van der Waals surface area contributed by atoms with Crippen molar-refractivity contribution in [3.63, 3.8) is 0 Å². The minimum absolute atomic E-state index is 0.0294. The largest absolute Gasteiger partial charge is 0.308 e. The fourth-order valence-corrected chi connectivity index (χ4v) is 5.31. The van der Waals surface area contributed by atoms with Crippen molar-refractivity contribution >= 4 is 31.5 Å². The Balaban J connectivity index is 1.96. The van der Waals surface area contributed by atoms with E-state index in [2.05, 4.69) is 4.72 Å². The zero-order valence-corrected chi connectivity index (χ0v) is 18.2. The van der Waals surface area contributed by atoms with Gasteiger partial charge in [0.25, 0.3) is 5.91 Å². The zero-order valence-electron chi connectivity index (χ0n) is 16.5. The highest BCUT2D eigenvalue weighted by atomic mass is 32.2. The quantitative estimate of drug-likeness (QED) is 0.776. The maximum Gasteiger partial charge on any atom is 0.258 e. The third-order valence-corrected chi connectivity index (χ3v) is 7.39. The van der Waals surface area contributed by atoms with Crippen molar-refractivity contribution in [1.29, 1.82) is 0 Å². The molecule has 29 heavy (non-hydrogen) atoms. The van der Waals surface area contributed by atoms with E-state index >= 15 is 0 Å². The van der Waals surface area contributed by atoms with E-state index in [0.29, 0.717) is 25.1 Å². The van der Waals surface area contributed by atoms with Crippen LogP contribution in [0.5, 0.6) is 0 Å². The van der Waals surface area contributed by atoms with Crippen LogP contribution in [0.3, 0.4) is 0 Å². The maximum absolute atomic E-state index is 13.1. The number of sulfonamides is 1. The first-order valence-electron chi connectivity index (χ1n) is 9.26. The van der Waals surface area contributed by atoms with Gasteiger partial charge in [0.15, 0.2) is 9.84 Å². The van der Waals surface area contributed by atoms with Gasteiger partial charge >= 0.3 is 0 Å². The minimum atomic E-state index is -3.72. The highest BCUT2D eigenvalue weighted by molar-refractivity contribution is 7.90. The Hall–Kier alpha value is -2.23. The fourth-order valence-electron chi connectivity index (χ4n) is 3.35. The van der Waals surface area contributed by atoms with Crippen molar-refractivity contribution in [3.8, 4) is 0 Å². The Morgan fingerprint density at radius 2 is 1.76 bits per heavy atom. The summed E-state index contributed by atoms with van der Waals surface area (Å²) < 4.78 is 51.0. The lowest BCUT2D eigenvalue weighted by molar-refractivity contribution is 0.0985. The molecule has 156 valence electrons. The van der Waals surface area contributed by atoms with Crippen molar-refractivity contribution in [2.45, 2.75) is 42.5 Å². The van der Waals surface area contributed by atoms with Crippen molar-refractivity contribution in [2.24, 2.45) is 0 Å². The number of amides is 1. The normalized spacial score (nSPS) is 14.7. The fraction of sp³-hybridized carbons (Fsp3) is 0.350. The summed E-state index contributed by atoms with van der Waals surface area (Å²) in [6.45, 7) is 3.93.